The third-order valence-electron chi connectivity index (χ3n) is 2.28. The van der Waals surface area contributed by atoms with E-state index in [0.717, 1.165) is 0 Å². The number of aromatic nitrogens is 1. The maximum Gasteiger partial charge on any atom is 0.332 e. The number of para-hydroxylation sites is 1. The molecule has 0 spiro atoms. The summed E-state index contributed by atoms with van der Waals surface area (Å²) in [5, 5.41) is 4.93. The molecule has 0 fully saturated rings. The van der Waals surface area contributed by atoms with E-state index in [-0.39, 0.29) is 0 Å². The van der Waals surface area contributed by atoms with Crippen LogP contribution in [0.2, 0.25) is 0 Å². The topological polar surface area (TPSA) is 69.9 Å². The number of rotatable bonds is 2. The lowest BCUT2D eigenvalue weighted by molar-refractivity contribution is -0.142. The summed E-state index contributed by atoms with van der Waals surface area (Å²) in [5.41, 5.74) is 0.645. The van der Waals surface area contributed by atoms with E-state index in [0.29, 0.717) is 16.3 Å². The first-order valence-corrected chi connectivity index (χ1v) is 5.59. The van der Waals surface area contributed by atoms with Crippen LogP contribution in [0, 0.1) is 0 Å². The first-order chi connectivity index (χ1) is 9.08. The Labute approximate surface area is 108 Å². The molecule has 0 aliphatic rings. The molecule has 6 heteroatoms. The van der Waals surface area contributed by atoms with Crippen LogP contribution in [0.1, 0.15) is 13.8 Å². The average molecular weight is 260 g/mol. The van der Waals surface area contributed by atoms with Crippen molar-refractivity contribution >= 4 is 22.8 Å². The van der Waals surface area contributed by atoms with Crippen LogP contribution in [0.5, 0.6) is 0 Å². The largest absolute Gasteiger partial charge is 0.337 e. The van der Waals surface area contributed by atoms with E-state index in [2.05, 4.69) is 9.99 Å². The Morgan fingerprint density at radius 2 is 1.84 bits per heavy atom. The highest BCUT2D eigenvalue weighted by molar-refractivity contribution is 5.79. The summed E-state index contributed by atoms with van der Waals surface area (Å²) < 4.78 is 1.34. The Morgan fingerprint density at radius 3 is 2.53 bits per heavy atom. The van der Waals surface area contributed by atoms with Crippen LogP contribution in [-0.2, 0) is 14.4 Å². The lowest BCUT2D eigenvalue weighted by atomic mass is 10.2. The van der Waals surface area contributed by atoms with Crippen molar-refractivity contribution in [1.29, 1.82) is 0 Å². The minimum Gasteiger partial charge on any atom is -0.337 e. The van der Waals surface area contributed by atoms with Gasteiger partial charge in [-0.25, -0.2) is 9.59 Å². The van der Waals surface area contributed by atoms with Gasteiger partial charge in [-0.2, -0.15) is 4.73 Å². The Morgan fingerprint density at radius 1 is 1.11 bits per heavy atom. The molecular weight excluding hydrogens is 248 g/mol. The first kappa shape index (κ1) is 12.8. The van der Waals surface area contributed by atoms with Crippen LogP contribution in [0.15, 0.2) is 41.7 Å². The fourth-order valence-corrected chi connectivity index (χ4v) is 1.60. The molecule has 0 radical (unpaired) electrons. The smallest absolute Gasteiger partial charge is 0.332 e. The summed E-state index contributed by atoms with van der Waals surface area (Å²) in [6.07, 6.45) is 1.53. The van der Waals surface area contributed by atoms with E-state index >= 15 is 0 Å². The molecule has 98 valence electrons. The summed E-state index contributed by atoms with van der Waals surface area (Å²) in [4.78, 5) is 31.5. The second kappa shape index (κ2) is 5.34. The third-order valence-corrected chi connectivity index (χ3v) is 2.28. The Bertz CT molecular complexity index is 703. The van der Waals surface area contributed by atoms with Gasteiger partial charge in [0.1, 0.15) is 5.36 Å². The van der Waals surface area contributed by atoms with Gasteiger partial charge in [0, 0.05) is 25.4 Å². The van der Waals surface area contributed by atoms with Gasteiger partial charge in [-0.15, -0.1) is 0 Å². The zero-order chi connectivity index (χ0) is 13.8. The molecule has 0 amide bonds. The molecule has 0 N–H and O–H groups in total. The molecule has 1 aromatic heterocycles. The number of pyridine rings is 1. The van der Waals surface area contributed by atoms with Crippen LogP contribution < -0.4 is 10.2 Å². The van der Waals surface area contributed by atoms with E-state index in [4.69, 9.17) is 4.84 Å². The number of hydrogen-bond acceptors (Lipinski definition) is 5. The van der Waals surface area contributed by atoms with Crippen molar-refractivity contribution in [2.24, 2.45) is 5.16 Å². The Kier molecular flexibility index (Phi) is 3.61. The molecule has 6 nitrogen and oxygen atoms in total. The molecule has 2 rings (SSSR count). The SMILES string of the molecule is CC(=O)ON=c1ccn(OC(C)=O)c2ccccc12. The fourth-order valence-electron chi connectivity index (χ4n) is 1.60. The van der Waals surface area contributed by atoms with Gasteiger partial charge in [0.15, 0.2) is 0 Å². The van der Waals surface area contributed by atoms with Crippen molar-refractivity contribution in [2.75, 3.05) is 0 Å². The molecule has 1 aromatic carbocycles. The van der Waals surface area contributed by atoms with Gasteiger partial charge in [0.25, 0.3) is 0 Å². The summed E-state index contributed by atoms with van der Waals surface area (Å²) in [6, 6.07) is 8.77. The predicted molar refractivity (Wildman–Crippen MR) is 66.5 cm³/mol. The van der Waals surface area contributed by atoms with Crippen molar-refractivity contribution in [2.45, 2.75) is 13.8 Å². The van der Waals surface area contributed by atoms with Gasteiger partial charge >= 0.3 is 11.9 Å². The predicted octanol–water partition coefficient (Wildman–Crippen LogP) is 0.995. The Balaban J connectivity index is 2.61. The second-order valence-electron chi connectivity index (χ2n) is 3.80. The van der Waals surface area contributed by atoms with Gasteiger partial charge in [0.2, 0.25) is 0 Å². The van der Waals surface area contributed by atoms with Gasteiger partial charge in [-0.3, -0.25) is 0 Å². The minimum atomic E-state index is -0.499. The van der Waals surface area contributed by atoms with Gasteiger partial charge in [0.05, 0.1) is 5.52 Å². The lowest BCUT2D eigenvalue weighted by Crippen LogP contribution is -2.20. The number of fused-ring (bicyclic) bond motifs is 1. The number of carbonyl (C=O) groups is 2. The molecule has 0 bridgehead atoms. The molecule has 0 aliphatic carbocycles. The molecule has 0 unspecified atom stereocenters. The molecule has 0 saturated heterocycles. The molecular formula is C13H12N2O4. The maximum atomic E-state index is 11.0. The second-order valence-corrected chi connectivity index (χ2v) is 3.80. The maximum absolute atomic E-state index is 11.0. The van der Waals surface area contributed by atoms with Crippen LogP contribution in [0.25, 0.3) is 10.9 Å². The molecule has 0 aliphatic heterocycles. The van der Waals surface area contributed by atoms with E-state index in [1.165, 1.54) is 24.8 Å². The van der Waals surface area contributed by atoms with Crippen molar-refractivity contribution in [3.8, 4) is 0 Å². The number of carbonyl (C=O) groups excluding carboxylic acids is 2. The molecule has 0 atom stereocenters. The van der Waals surface area contributed by atoms with E-state index < -0.39 is 11.9 Å². The normalized spacial score (nSPS) is 11.4. The van der Waals surface area contributed by atoms with Crippen LogP contribution in [0.3, 0.4) is 0 Å². The minimum absolute atomic E-state index is 0.431. The molecule has 1 heterocycles. The van der Waals surface area contributed by atoms with Gasteiger partial charge in [-0.05, 0) is 12.1 Å². The van der Waals surface area contributed by atoms with Crippen molar-refractivity contribution < 1.29 is 19.3 Å². The van der Waals surface area contributed by atoms with Gasteiger partial charge in [-0.1, -0.05) is 23.4 Å². The van der Waals surface area contributed by atoms with Gasteiger partial charge < -0.3 is 9.68 Å². The van der Waals surface area contributed by atoms with Crippen LogP contribution >= 0.6 is 0 Å². The monoisotopic (exact) mass is 260 g/mol. The lowest BCUT2D eigenvalue weighted by Gasteiger charge is -2.09. The van der Waals surface area contributed by atoms with Crippen LogP contribution in [-0.4, -0.2) is 16.7 Å². The third kappa shape index (κ3) is 2.98. The highest BCUT2D eigenvalue weighted by atomic mass is 16.7. The molecule has 19 heavy (non-hydrogen) atoms. The van der Waals surface area contributed by atoms with Crippen LogP contribution in [0.4, 0.5) is 0 Å². The zero-order valence-electron chi connectivity index (χ0n) is 10.5. The summed E-state index contributed by atoms with van der Waals surface area (Å²) in [6.45, 7) is 2.59. The fraction of sp³-hybridized carbons (Fsp3) is 0.154. The van der Waals surface area contributed by atoms with E-state index in [1.807, 2.05) is 6.07 Å². The highest BCUT2D eigenvalue weighted by Gasteiger charge is 2.04. The standard InChI is InChI=1S/C13H12N2O4/c1-9(16)18-14-12-7-8-15(19-10(2)17)13-6-4-3-5-11(12)13/h3-8H,1-2H3. The number of nitrogens with zero attached hydrogens (tertiary/aromatic N) is 2. The number of hydrogen-bond donors (Lipinski definition) is 0. The van der Waals surface area contributed by atoms with Crippen molar-refractivity contribution in [1.82, 2.24) is 4.73 Å². The summed E-state index contributed by atoms with van der Waals surface area (Å²) in [5.74, 6) is -0.930. The van der Waals surface area contributed by atoms with Crippen molar-refractivity contribution in [3.63, 3.8) is 0 Å². The molecule has 2 aromatic rings. The van der Waals surface area contributed by atoms with E-state index in [1.54, 1.807) is 24.3 Å². The average Bonchev–Trinajstić information content (AvgIpc) is 2.37. The summed E-state index contributed by atoms with van der Waals surface area (Å²) >= 11 is 0. The number of benzene rings is 1. The quantitative estimate of drug-likeness (QED) is 0.596. The molecule has 0 saturated carbocycles. The Hall–Kier alpha value is -2.63. The highest BCUT2D eigenvalue weighted by Crippen LogP contribution is 2.08. The first-order valence-electron chi connectivity index (χ1n) is 5.59. The summed E-state index contributed by atoms with van der Waals surface area (Å²) in [7, 11) is 0. The van der Waals surface area contributed by atoms with E-state index in [9.17, 15) is 9.59 Å². The zero-order valence-corrected chi connectivity index (χ0v) is 10.5. The van der Waals surface area contributed by atoms with Crippen molar-refractivity contribution in [3.05, 3.63) is 41.9 Å².